The normalized spacial score (nSPS) is 13.0. The van der Waals surface area contributed by atoms with Gasteiger partial charge in [-0.25, -0.2) is 0 Å². The van der Waals surface area contributed by atoms with Crippen molar-refractivity contribution in [3.05, 3.63) is 34.9 Å². The van der Waals surface area contributed by atoms with Gasteiger partial charge < -0.3 is 0 Å². The van der Waals surface area contributed by atoms with Crippen LogP contribution in [0.2, 0.25) is 5.02 Å². The van der Waals surface area contributed by atoms with Crippen molar-refractivity contribution in [3.63, 3.8) is 0 Å². The molecule has 1 unspecified atom stereocenters. The lowest BCUT2D eigenvalue weighted by molar-refractivity contribution is 1.12. The highest BCUT2D eigenvalue weighted by Gasteiger charge is 2.03. The molecule has 0 heterocycles. The van der Waals surface area contributed by atoms with E-state index in [2.05, 4.69) is 22.6 Å². The maximum absolute atomic E-state index is 5.99. The number of benzene rings is 1. The van der Waals surface area contributed by atoms with E-state index in [4.69, 9.17) is 23.2 Å². The molecular weight excluding hydrogens is 294 g/mol. The van der Waals surface area contributed by atoms with Crippen molar-refractivity contribution in [3.8, 4) is 0 Å². The van der Waals surface area contributed by atoms with E-state index in [1.807, 2.05) is 24.3 Å². The highest BCUT2D eigenvalue weighted by atomic mass is 127. The van der Waals surface area contributed by atoms with Crippen LogP contribution in [0.15, 0.2) is 24.3 Å². The lowest BCUT2D eigenvalue weighted by Gasteiger charge is -2.04. The summed E-state index contributed by atoms with van der Waals surface area (Å²) >= 11 is 14.0. The zero-order valence-electron chi connectivity index (χ0n) is 5.73. The zero-order valence-corrected chi connectivity index (χ0v) is 9.40. The maximum atomic E-state index is 5.99. The van der Waals surface area contributed by atoms with Crippen LogP contribution in [0.3, 0.4) is 0 Å². The van der Waals surface area contributed by atoms with Gasteiger partial charge in [0.2, 0.25) is 0 Å². The highest BCUT2D eigenvalue weighted by molar-refractivity contribution is 14.1. The van der Waals surface area contributed by atoms with E-state index in [1.165, 1.54) is 0 Å². The third-order valence-electron chi connectivity index (χ3n) is 1.37. The molecule has 0 aromatic heterocycles. The van der Waals surface area contributed by atoms with E-state index in [1.54, 1.807) is 0 Å². The predicted molar refractivity (Wildman–Crippen MR) is 58.9 cm³/mol. The summed E-state index contributed by atoms with van der Waals surface area (Å²) < 4.78 is 0.918. The van der Waals surface area contributed by atoms with Crippen LogP contribution in [0.5, 0.6) is 0 Å². The number of alkyl halides is 2. The van der Waals surface area contributed by atoms with Crippen LogP contribution in [-0.2, 0) is 0 Å². The van der Waals surface area contributed by atoms with E-state index >= 15 is 0 Å². The summed E-state index contributed by atoms with van der Waals surface area (Å²) in [4.78, 5) is 0. The van der Waals surface area contributed by atoms with Gasteiger partial charge in [-0.2, -0.15) is 0 Å². The molecule has 0 bridgehead atoms. The van der Waals surface area contributed by atoms with Gasteiger partial charge in [0.05, 0.1) is 5.38 Å². The molecule has 0 aliphatic carbocycles. The Kier molecular flexibility index (Phi) is 3.96. The molecule has 0 aliphatic heterocycles. The quantitative estimate of drug-likeness (QED) is 0.571. The smallest absolute Gasteiger partial charge is 0.0674 e. The Morgan fingerprint density at radius 2 is 1.82 bits per heavy atom. The van der Waals surface area contributed by atoms with Gasteiger partial charge in [0, 0.05) is 9.45 Å². The van der Waals surface area contributed by atoms with Crippen molar-refractivity contribution in [2.75, 3.05) is 4.43 Å². The average molecular weight is 301 g/mol. The fraction of sp³-hybridized carbons (Fsp3) is 0.250. The van der Waals surface area contributed by atoms with E-state index in [9.17, 15) is 0 Å². The molecule has 0 aliphatic rings. The second kappa shape index (κ2) is 4.53. The largest absolute Gasteiger partial charge is 0.117 e. The Morgan fingerprint density at radius 1 is 1.27 bits per heavy atom. The summed E-state index contributed by atoms with van der Waals surface area (Å²) in [5.74, 6) is 0. The fourth-order valence-corrected chi connectivity index (χ4v) is 1.54. The summed E-state index contributed by atoms with van der Waals surface area (Å²) in [6.45, 7) is 0. The molecule has 11 heavy (non-hydrogen) atoms. The highest BCUT2D eigenvalue weighted by Crippen LogP contribution is 2.23. The van der Waals surface area contributed by atoms with Gasteiger partial charge in [-0.1, -0.05) is 46.3 Å². The molecular formula is C8H7Cl2I. The number of hydrogen-bond acceptors (Lipinski definition) is 0. The molecule has 0 N–H and O–H groups in total. The van der Waals surface area contributed by atoms with Crippen LogP contribution in [0.1, 0.15) is 10.9 Å². The minimum atomic E-state index is 0.105. The average Bonchev–Trinajstić information content (AvgIpc) is 2.05. The van der Waals surface area contributed by atoms with Gasteiger partial charge in [0.1, 0.15) is 0 Å². The lowest BCUT2D eigenvalue weighted by atomic mass is 10.2. The maximum Gasteiger partial charge on any atom is 0.0674 e. The first-order valence-corrected chi connectivity index (χ1v) is 5.53. The molecule has 0 amide bonds. The van der Waals surface area contributed by atoms with Crippen LogP contribution in [-0.4, -0.2) is 4.43 Å². The minimum Gasteiger partial charge on any atom is -0.117 e. The van der Waals surface area contributed by atoms with Gasteiger partial charge in [0.25, 0.3) is 0 Å². The van der Waals surface area contributed by atoms with Gasteiger partial charge in [-0.3, -0.25) is 0 Å². The van der Waals surface area contributed by atoms with Crippen molar-refractivity contribution >= 4 is 45.8 Å². The number of hydrogen-bond donors (Lipinski definition) is 0. The molecule has 3 heteroatoms. The van der Waals surface area contributed by atoms with Crippen molar-refractivity contribution in [2.45, 2.75) is 5.38 Å². The first kappa shape index (κ1) is 9.62. The van der Waals surface area contributed by atoms with Gasteiger partial charge in [-0.05, 0) is 17.7 Å². The van der Waals surface area contributed by atoms with Crippen molar-refractivity contribution in [2.24, 2.45) is 0 Å². The molecule has 1 rings (SSSR count). The summed E-state index contributed by atoms with van der Waals surface area (Å²) in [6, 6.07) is 7.63. The summed E-state index contributed by atoms with van der Waals surface area (Å²) in [5.41, 5.74) is 1.13. The van der Waals surface area contributed by atoms with Crippen LogP contribution in [0, 0.1) is 0 Å². The predicted octanol–water partition coefficient (Wildman–Crippen LogP) is 4.05. The monoisotopic (exact) mass is 300 g/mol. The van der Waals surface area contributed by atoms with E-state index < -0.39 is 0 Å². The summed E-state index contributed by atoms with van der Waals surface area (Å²) in [6.07, 6.45) is 0. The molecule has 1 aromatic carbocycles. The summed E-state index contributed by atoms with van der Waals surface area (Å²) in [7, 11) is 0. The number of rotatable bonds is 2. The zero-order chi connectivity index (χ0) is 8.27. The molecule has 0 saturated carbocycles. The molecule has 1 aromatic rings. The first-order valence-electron chi connectivity index (χ1n) is 3.19. The van der Waals surface area contributed by atoms with Crippen LogP contribution < -0.4 is 0 Å². The van der Waals surface area contributed by atoms with E-state index in [-0.39, 0.29) is 5.38 Å². The van der Waals surface area contributed by atoms with Crippen molar-refractivity contribution in [1.82, 2.24) is 0 Å². The molecule has 0 saturated heterocycles. The van der Waals surface area contributed by atoms with E-state index in [0.717, 1.165) is 15.0 Å². The SMILES string of the molecule is Clc1ccc(C(Cl)CI)cc1. The van der Waals surface area contributed by atoms with Crippen LogP contribution in [0.25, 0.3) is 0 Å². The van der Waals surface area contributed by atoms with Crippen molar-refractivity contribution < 1.29 is 0 Å². The molecule has 0 fully saturated rings. The molecule has 0 radical (unpaired) electrons. The lowest BCUT2D eigenvalue weighted by Crippen LogP contribution is -1.89. The van der Waals surface area contributed by atoms with Crippen molar-refractivity contribution in [1.29, 1.82) is 0 Å². The molecule has 1 atom stereocenters. The van der Waals surface area contributed by atoms with Gasteiger partial charge in [0.15, 0.2) is 0 Å². The molecule has 0 spiro atoms. The molecule has 0 nitrogen and oxygen atoms in total. The first-order chi connectivity index (χ1) is 5.24. The Hall–Kier alpha value is 0.530. The van der Waals surface area contributed by atoms with E-state index in [0.29, 0.717) is 0 Å². The third-order valence-corrected chi connectivity index (χ3v) is 3.43. The standard InChI is InChI=1S/C8H7Cl2I/c9-7-3-1-6(2-4-7)8(10)5-11/h1-4,8H,5H2. The van der Waals surface area contributed by atoms with Crippen LogP contribution >= 0.6 is 45.8 Å². The Balaban J connectivity index is 2.81. The fourth-order valence-electron chi connectivity index (χ4n) is 0.761. The second-order valence-corrected chi connectivity index (χ2v) is 4.02. The Labute approximate surface area is 90.0 Å². The van der Waals surface area contributed by atoms with Gasteiger partial charge >= 0.3 is 0 Å². The molecule has 60 valence electrons. The van der Waals surface area contributed by atoms with Crippen LogP contribution in [0.4, 0.5) is 0 Å². The number of halogens is 3. The Bertz CT molecular complexity index is 220. The second-order valence-electron chi connectivity index (χ2n) is 2.17. The minimum absolute atomic E-state index is 0.105. The van der Waals surface area contributed by atoms with Gasteiger partial charge in [-0.15, -0.1) is 11.6 Å². The third kappa shape index (κ3) is 2.80. The topological polar surface area (TPSA) is 0 Å². The summed E-state index contributed by atoms with van der Waals surface area (Å²) in [5, 5.41) is 0.860. The Morgan fingerprint density at radius 3 is 2.27 bits per heavy atom.